The lowest BCUT2D eigenvalue weighted by Gasteiger charge is -2.42. The minimum absolute atomic E-state index is 0.0471. The van der Waals surface area contributed by atoms with Gasteiger partial charge in [0.1, 0.15) is 23.5 Å². The van der Waals surface area contributed by atoms with Crippen molar-refractivity contribution in [3.05, 3.63) is 35.9 Å². The van der Waals surface area contributed by atoms with Gasteiger partial charge in [-0.05, 0) is 77.7 Å². The van der Waals surface area contributed by atoms with Crippen LogP contribution in [0.1, 0.15) is 106 Å². The molecule has 9 nitrogen and oxygen atoms in total. The number of carbonyl (C=O) groups excluding carboxylic acids is 3. The van der Waals surface area contributed by atoms with Gasteiger partial charge in [0.2, 0.25) is 5.91 Å². The van der Waals surface area contributed by atoms with Crippen molar-refractivity contribution in [1.82, 2.24) is 9.80 Å². The number of nitrogens with zero attached hydrogens (tertiary/aromatic N) is 2. The van der Waals surface area contributed by atoms with Gasteiger partial charge in [0.25, 0.3) is 0 Å². The maximum Gasteiger partial charge on any atom is 0.417 e. The third kappa shape index (κ3) is 7.03. The standard InChI is InChI=1S/C34H52N2O7/c1-20(2)19-25(30(38)35-22(4)28(41-31(35)39)23-16-11-10-12-17-23)27(37)29-26(24-18-14-13-15-21(24)3)36(34(8,9)42-29)32(40)43-33(5,6)7/h10-12,16-17,20-22,24-29,37H,13-15,18-19H2,1-9H3/t21?,22-,24?,25-,26+,27-,28-,29-/m1/s1. The van der Waals surface area contributed by atoms with Crippen LogP contribution < -0.4 is 0 Å². The van der Waals surface area contributed by atoms with E-state index in [1.165, 1.54) is 0 Å². The van der Waals surface area contributed by atoms with Crippen LogP contribution >= 0.6 is 0 Å². The summed E-state index contributed by atoms with van der Waals surface area (Å²) in [6, 6.07) is 8.31. The van der Waals surface area contributed by atoms with E-state index < -0.39 is 65.7 Å². The summed E-state index contributed by atoms with van der Waals surface area (Å²) < 4.78 is 18.1. The molecule has 3 amide bonds. The highest BCUT2D eigenvalue weighted by Gasteiger charge is 2.59. The molecule has 2 unspecified atom stereocenters. The third-order valence-corrected chi connectivity index (χ3v) is 9.27. The summed E-state index contributed by atoms with van der Waals surface area (Å²) in [6.07, 6.45) is 0.433. The molecule has 2 saturated heterocycles. The van der Waals surface area contributed by atoms with Crippen LogP contribution in [0.4, 0.5) is 9.59 Å². The molecular weight excluding hydrogens is 548 g/mol. The average Bonchev–Trinajstić information content (AvgIpc) is 3.37. The summed E-state index contributed by atoms with van der Waals surface area (Å²) in [6.45, 7) is 17.1. The molecule has 0 aromatic heterocycles. The zero-order valence-corrected chi connectivity index (χ0v) is 27.4. The van der Waals surface area contributed by atoms with Crippen LogP contribution in [0.2, 0.25) is 0 Å². The first kappa shape index (κ1) is 33.2. The fourth-order valence-corrected chi connectivity index (χ4v) is 7.32. The molecule has 43 heavy (non-hydrogen) atoms. The number of ether oxygens (including phenoxy) is 3. The molecule has 1 N–H and O–H groups in total. The molecule has 1 aromatic carbocycles. The van der Waals surface area contributed by atoms with Crippen molar-refractivity contribution in [2.24, 2.45) is 23.7 Å². The van der Waals surface area contributed by atoms with Crippen molar-refractivity contribution in [3.63, 3.8) is 0 Å². The molecule has 3 fully saturated rings. The van der Waals surface area contributed by atoms with E-state index in [9.17, 15) is 19.5 Å². The number of cyclic esters (lactones) is 1. The van der Waals surface area contributed by atoms with Gasteiger partial charge in [-0.3, -0.25) is 9.69 Å². The van der Waals surface area contributed by atoms with Crippen molar-refractivity contribution in [1.29, 1.82) is 0 Å². The monoisotopic (exact) mass is 600 g/mol. The normalized spacial score (nSPS) is 30.7. The number of rotatable bonds is 7. The summed E-state index contributed by atoms with van der Waals surface area (Å²) in [5.41, 5.74) is -0.996. The van der Waals surface area contributed by atoms with Crippen LogP contribution in [0.3, 0.4) is 0 Å². The number of imide groups is 1. The Bertz CT molecular complexity index is 1150. The maximum absolute atomic E-state index is 14.3. The zero-order valence-electron chi connectivity index (χ0n) is 27.4. The van der Waals surface area contributed by atoms with Gasteiger partial charge in [-0.25, -0.2) is 14.5 Å². The van der Waals surface area contributed by atoms with Crippen LogP contribution in [-0.2, 0) is 19.0 Å². The fraction of sp³-hybridized carbons (Fsp3) is 0.735. The number of aliphatic hydroxyl groups is 1. The van der Waals surface area contributed by atoms with Crippen LogP contribution in [0.15, 0.2) is 30.3 Å². The van der Waals surface area contributed by atoms with E-state index in [2.05, 4.69) is 6.92 Å². The molecule has 9 heteroatoms. The van der Waals surface area contributed by atoms with E-state index in [1.807, 2.05) is 78.8 Å². The molecule has 0 bridgehead atoms. The second-order valence-corrected chi connectivity index (χ2v) is 14.7. The van der Waals surface area contributed by atoms with Gasteiger partial charge in [-0.15, -0.1) is 0 Å². The smallest absolute Gasteiger partial charge is 0.417 e. The lowest BCUT2D eigenvalue weighted by molar-refractivity contribution is -0.148. The lowest BCUT2D eigenvalue weighted by Crippen LogP contribution is -2.56. The Morgan fingerprint density at radius 3 is 2.30 bits per heavy atom. The number of hydrogen-bond donors (Lipinski definition) is 1. The lowest BCUT2D eigenvalue weighted by atomic mass is 9.72. The van der Waals surface area contributed by atoms with Crippen molar-refractivity contribution >= 4 is 18.1 Å². The molecule has 2 aliphatic heterocycles. The van der Waals surface area contributed by atoms with Crippen molar-refractivity contribution < 1.29 is 33.7 Å². The van der Waals surface area contributed by atoms with Gasteiger partial charge in [0.05, 0.1) is 24.1 Å². The van der Waals surface area contributed by atoms with E-state index in [0.717, 1.165) is 36.1 Å². The quantitative estimate of drug-likeness (QED) is 0.372. The number of amides is 3. The second kappa shape index (κ2) is 12.8. The van der Waals surface area contributed by atoms with Crippen LogP contribution in [0.5, 0.6) is 0 Å². The molecule has 3 aliphatic rings. The Kier molecular flexibility index (Phi) is 9.86. The first-order valence-electron chi connectivity index (χ1n) is 16.0. The highest BCUT2D eigenvalue weighted by molar-refractivity contribution is 5.95. The Balaban J connectivity index is 1.70. The molecular formula is C34H52N2O7. The first-order valence-corrected chi connectivity index (χ1v) is 16.0. The Hall–Kier alpha value is -2.65. The second-order valence-electron chi connectivity index (χ2n) is 14.7. The van der Waals surface area contributed by atoms with E-state index in [-0.39, 0.29) is 17.8 Å². The average molecular weight is 601 g/mol. The highest BCUT2D eigenvalue weighted by atomic mass is 16.6. The van der Waals surface area contributed by atoms with Gasteiger partial charge in [-0.2, -0.15) is 0 Å². The van der Waals surface area contributed by atoms with Crippen molar-refractivity contribution in [2.75, 3.05) is 0 Å². The molecule has 0 radical (unpaired) electrons. The molecule has 8 atom stereocenters. The van der Waals surface area contributed by atoms with E-state index in [4.69, 9.17) is 14.2 Å². The van der Waals surface area contributed by atoms with E-state index in [1.54, 1.807) is 11.8 Å². The van der Waals surface area contributed by atoms with Crippen molar-refractivity contribution in [2.45, 2.75) is 136 Å². The van der Waals surface area contributed by atoms with E-state index >= 15 is 0 Å². The number of aliphatic hydroxyl groups excluding tert-OH is 1. The summed E-state index contributed by atoms with van der Waals surface area (Å²) >= 11 is 0. The third-order valence-electron chi connectivity index (χ3n) is 9.27. The fourth-order valence-electron chi connectivity index (χ4n) is 7.32. The van der Waals surface area contributed by atoms with Gasteiger partial charge >= 0.3 is 12.2 Å². The number of carbonyl (C=O) groups is 3. The molecule has 1 aromatic rings. The summed E-state index contributed by atoms with van der Waals surface area (Å²) in [4.78, 5) is 44.1. The zero-order chi connectivity index (χ0) is 31.9. The Morgan fingerprint density at radius 1 is 1.09 bits per heavy atom. The Labute approximate surface area is 257 Å². The topological polar surface area (TPSA) is 106 Å². The molecule has 1 saturated carbocycles. The summed E-state index contributed by atoms with van der Waals surface area (Å²) in [5.74, 6) is -1.04. The Morgan fingerprint density at radius 2 is 1.72 bits per heavy atom. The number of benzene rings is 1. The molecule has 2 heterocycles. The van der Waals surface area contributed by atoms with Gasteiger partial charge in [-0.1, -0.05) is 70.4 Å². The van der Waals surface area contributed by atoms with Crippen LogP contribution in [0, 0.1) is 23.7 Å². The minimum atomic E-state index is -1.27. The summed E-state index contributed by atoms with van der Waals surface area (Å²) in [5, 5.41) is 12.2. The van der Waals surface area contributed by atoms with Gasteiger partial charge < -0.3 is 19.3 Å². The van der Waals surface area contributed by atoms with Gasteiger partial charge in [0.15, 0.2) is 0 Å². The largest absolute Gasteiger partial charge is 0.444 e. The molecule has 4 rings (SSSR count). The van der Waals surface area contributed by atoms with E-state index in [0.29, 0.717) is 6.42 Å². The molecule has 240 valence electrons. The molecule has 0 spiro atoms. The minimum Gasteiger partial charge on any atom is -0.444 e. The van der Waals surface area contributed by atoms with Crippen LogP contribution in [-0.4, -0.2) is 68.6 Å². The maximum atomic E-state index is 14.3. The predicted octanol–water partition coefficient (Wildman–Crippen LogP) is 6.69. The van der Waals surface area contributed by atoms with Gasteiger partial charge in [0, 0.05) is 0 Å². The molecule has 1 aliphatic carbocycles. The highest BCUT2D eigenvalue weighted by Crippen LogP contribution is 2.46. The number of hydrogen-bond acceptors (Lipinski definition) is 7. The summed E-state index contributed by atoms with van der Waals surface area (Å²) in [7, 11) is 0. The first-order chi connectivity index (χ1) is 20.0. The predicted molar refractivity (Wildman–Crippen MR) is 163 cm³/mol. The van der Waals surface area contributed by atoms with Crippen LogP contribution in [0.25, 0.3) is 0 Å². The van der Waals surface area contributed by atoms with Crippen molar-refractivity contribution in [3.8, 4) is 0 Å². The SMILES string of the molecule is CC(C)C[C@@H](C(=O)N1C(=O)O[C@@H](c2ccccc2)[C@H]1C)[C@@H](O)[C@@H]1OC(C)(C)N(C(=O)OC(C)(C)C)[C@H]1C1CCCCC1C.